The molecule has 1 heterocycles. The third kappa shape index (κ3) is 2.94. The molecule has 3 heteroatoms. The summed E-state index contributed by atoms with van der Waals surface area (Å²) >= 11 is 0. The van der Waals surface area contributed by atoms with E-state index in [1.165, 1.54) is 0 Å². The van der Waals surface area contributed by atoms with Crippen molar-refractivity contribution < 1.29 is 9.53 Å². The van der Waals surface area contributed by atoms with Gasteiger partial charge in [0.05, 0.1) is 6.10 Å². The standard InChI is InChI=1S/C14H17NO2/c1-11(2)17-14-9-8-13(16)15(14)10-12-6-4-3-5-7-12/h3-9,11,14H,10H2,1-2H3/t14-/m1/s1. The smallest absolute Gasteiger partial charge is 0.248 e. The van der Waals surface area contributed by atoms with Crippen LogP contribution in [0.1, 0.15) is 19.4 Å². The van der Waals surface area contributed by atoms with Crippen LogP contribution in [0.5, 0.6) is 0 Å². The van der Waals surface area contributed by atoms with E-state index in [1.54, 1.807) is 11.0 Å². The lowest BCUT2D eigenvalue weighted by Crippen LogP contribution is -2.36. The highest BCUT2D eigenvalue weighted by atomic mass is 16.5. The van der Waals surface area contributed by atoms with Gasteiger partial charge in [-0.2, -0.15) is 0 Å². The highest BCUT2D eigenvalue weighted by Gasteiger charge is 2.26. The molecule has 2 rings (SSSR count). The third-order valence-corrected chi connectivity index (χ3v) is 2.60. The summed E-state index contributed by atoms with van der Waals surface area (Å²) in [5, 5.41) is 0. The molecule has 1 aromatic rings. The zero-order valence-corrected chi connectivity index (χ0v) is 10.2. The maximum Gasteiger partial charge on any atom is 0.248 e. The van der Waals surface area contributed by atoms with Crippen LogP contribution in [0.4, 0.5) is 0 Å². The quantitative estimate of drug-likeness (QED) is 0.796. The van der Waals surface area contributed by atoms with E-state index in [-0.39, 0.29) is 18.2 Å². The molecule has 0 unspecified atom stereocenters. The summed E-state index contributed by atoms with van der Waals surface area (Å²) < 4.78 is 5.68. The largest absolute Gasteiger partial charge is 0.352 e. The molecular formula is C14H17NO2. The summed E-state index contributed by atoms with van der Waals surface area (Å²) in [4.78, 5) is 13.5. The van der Waals surface area contributed by atoms with Crippen LogP contribution in [0, 0.1) is 0 Å². The van der Waals surface area contributed by atoms with Crippen LogP contribution in [-0.2, 0) is 16.1 Å². The first-order valence-electron chi connectivity index (χ1n) is 5.85. The molecule has 17 heavy (non-hydrogen) atoms. The van der Waals surface area contributed by atoms with Crippen LogP contribution < -0.4 is 0 Å². The molecule has 0 bridgehead atoms. The second-order valence-electron chi connectivity index (χ2n) is 4.39. The SMILES string of the molecule is CC(C)O[C@@H]1C=CC(=O)N1Cc1ccccc1. The average Bonchev–Trinajstić information content (AvgIpc) is 2.62. The van der Waals surface area contributed by atoms with Gasteiger partial charge in [-0.1, -0.05) is 30.3 Å². The molecule has 0 fully saturated rings. The maximum atomic E-state index is 11.7. The number of amides is 1. The summed E-state index contributed by atoms with van der Waals surface area (Å²) in [5.41, 5.74) is 1.11. The second-order valence-corrected chi connectivity index (χ2v) is 4.39. The molecule has 0 N–H and O–H groups in total. The van der Waals surface area contributed by atoms with E-state index in [4.69, 9.17) is 4.74 Å². The Morgan fingerprint density at radius 3 is 2.65 bits per heavy atom. The predicted molar refractivity (Wildman–Crippen MR) is 66.1 cm³/mol. The van der Waals surface area contributed by atoms with E-state index in [2.05, 4.69) is 0 Å². The molecular weight excluding hydrogens is 214 g/mol. The van der Waals surface area contributed by atoms with Gasteiger partial charge in [0.15, 0.2) is 6.23 Å². The molecule has 0 aliphatic carbocycles. The lowest BCUT2D eigenvalue weighted by Gasteiger charge is -2.26. The zero-order valence-electron chi connectivity index (χ0n) is 10.2. The van der Waals surface area contributed by atoms with Gasteiger partial charge in [0.2, 0.25) is 5.91 Å². The second kappa shape index (κ2) is 5.15. The van der Waals surface area contributed by atoms with Crippen LogP contribution >= 0.6 is 0 Å². The van der Waals surface area contributed by atoms with Gasteiger partial charge in [-0.25, -0.2) is 0 Å². The molecule has 3 nitrogen and oxygen atoms in total. The van der Waals surface area contributed by atoms with Gasteiger partial charge in [-0.3, -0.25) is 4.79 Å². The third-order valence-electron chi connectivity index (χ3n) is 2.60. The molecule has 1 atom stereocenters. The summed E-state index contributed by atoms with van der Waals surface area (Å²) in [7, 11) is 0. The average molecular weight is 231 g/mol. The Hall–Kier alpha value is -1.61. The highest BCUT2D eigenvalue weighted by Crippen LogP contribution is 2.17. The van der Waals surface area contributed by atoms with Crippen molar-refractivity contribution in [2.24, 2.45) is 0 Å². The summed E-state index contributed by atoms with van der Waals surface area (Å²) in [5.74, 6) is 0.0134. The molecule has 0 saturated carbocycles. The number of benzene rings is 1. The van der Waals surface area contributed by atoms with E-state index in [1.807, 2.05) is 50.3 Å². The molecule has 1 aromatic carbocycles. The Morgan fingerprint density at radius 2 is 2.00 bits per heavy atom. The van der Waals surface area contributed by atoms with Crippen molar-refractivity contribution in [1.29, 1.82) is 0 Å². The van der Waals surface area contributed by atoms with Crippen molar-refractivity contribution in [2.45, 2.75) is 32.7 Å². The summed E-state index contributed by atoms with van der Waals surface area (Å²) in [6.45, 7) is 4.53. The monoisotopic (exact) mass is 231 g/mol. The van der Waals surface area contributed by atoms with Gasteiger partial charge in [0, 0.05) is 12.6 Å². The molecule has 1 amide bonds. The Bertz CT molecular complexity index is 411. The number of nitrogens with zero attached hydrogens (tertiary/aromatic N) is 1. The first kappa shape index (κ1) is 11.9. The Kier molecular flexibility index (Phi) is 3.59. The lowest BCUT2D eigenvalue weighted by molar-refractivity contribution is -0.137. The van der Waals surface area contributed by atoms with Crippen LogP contribution in [0.3, 0.4) is 0 Å². The maximum absolute atomic E-state index is 11.7. The number of rotatable bonds is 4. The first-order chi connectivity index (χ1) is 8.16. The molecule has 90 valence electrons. The van der Waals surface area contributed by atoms with Crippen LogP contribution in [0.15, 0.2) is 42.5 Å². The van der Waals surface area contributed by atoms with E-state index in [0.717, 1.165) is 5.56 Å². The molecule has 0 spiro atoms. The highest BCUT2D eigenvalue weighted by molar-refractivity contribution is 5.90. The summed E-state index contributed by atoms with van der Waals surface area (Å²) in [6, 6.07) is 9.94. The minimum atomic E-state index is -0.234. The zero-order chi connectivity index (χ0) is 12.3. The van der Waals surface area contributed by atoms with Crippen LogP contribution in [-0.4, -0.2) is 23.1 Å². The number of carbonyl (C=O) groups is 1. The number of ether oxygens (including phenoxy) is 1. The van der Waals surface area contributed by atoms with E-state index in [0.29, 0.717) is 6.54 Å². The fraction of sp³-hybridized carbons (Fsp3) is 0.357. The van der Waals surface area contributed by atoms with E-state index < -0.39 is 0 Å². The van der Waals surface area contributed by atoms with Gasteiger partial charge >= 0.3 is 0 Å². The first-order valence-corrected chi connectivity index (χ1v) is 5.85. The van der Waals surface area contributed by atoms with Crippen molar-refractivity contribution in [2.75, 3.05) is 0 Å². The normalized spacial score (nSPS) is 19.4. The minimum absolute atomic E-state index is 0.0134. The van der Waals surface area contributed by atoms with Gasteiger partial charge in [0.1, 0.15) is 0 Å². The number of hydrogen-bond acceptors (Lipinski definition) is 2. The van der Waals surface area contributed by atoms with Gasteiger partial charge in [-0.15, -0.1) is 0 Å². The molecule has 0 radical (unpaired) electrons. The summed E-state index contributed by atoms with van der Waals surface area (Å²) in [6.07, 6.45) is 3.26. The minimum Gasteiger partial charge on any atom is -0.352 e. The molecule has 0 saturated heterocycles. The predicted octanol–water partition coefficient (Wildman–Crippen LogP) is 2.34. The Balaban J connectivity index is 2.06. The van der Waals surface area contributed by atoms with Crippen molar-refractivity contribution in [3.05, 3.63) is 48.0 Å². The van der Waals surface area contributed by atoms with Crippen molar-refractivity contribution >= 4 is 5.91 Å². The Morgan fingerprint density at radius 1 is 1.29 bits per heavy atom. The fourth-order valence-corrected chi connectivity index (χ4v) is 1.84. The lowest BCUT2D eigenvalue weighted by atomic mass is 10.2. The molecule has 1 aliphatic rings. The van der Waals surface area contributed by atoms with Crippen molar-refractivity contribution in [1.82, 2.24) is 4.90 Å². The van der Waals surface area contributed by atoms with Crippen molar-refractivity contribution in [3.63, 3.8) is 0 Å². The Labute approximate surface area is 102 Å². The number of hydrogen-bond donors (Lipinski definition) is 0. The topological polar surface area (TPSA) is 29.5 Å². The number of carbonyl (C=O) groups excluding carboxylic acids is 1. The van der Waals surface area contributed by atoms with E-state index in [9.17, 15) is 4.79 Å². The van der Waals surface area contributed by atoms with E-state index >= 15 is 0 Å². The van der Waals surface area contributed by atoms with Crippen molar-refractivity contribution in [3.8, 4) is 0 Å². The van der Waals surface area contributed by atoms with Gasteiger partial charge in [-0.05, 0) is 25.5 Å². The fourth-order valence-electron chi connectivity index (χ4n) is 1.84. The van der Waals surface area contributed by atoms with Gasteiger partial charge < -0.3 is 9.64 Å². The molecule has 0 aromatic heterocycles. The molecule has 1 aliphatic heterocycles. The van der Waals surface area contributed by atoms with Crippen LogP contribution in [0.25, 0.3) is 0 Å². The van der Waals surface area contributed by atoms with Crippen LogP contribution in [0.2, 0.25) is 0 Å². The van der Waals surface area contributed by atoms with Gasteiger partial charge in [0.25, 0.3) is 0 Å².